The first-order chi connectivity index (χ1) is 19.0. The van der Waals surface area contributed by atoms with Crippen molar-refractivity contribution in [2.24, 2.45) is 0 Å². The Hall–Kier alpha value is -3.45. The lowest BCUT2D eigenvalue weighted by molar-refractivity contribution is 0.0169. The van der Waals surface area contributed by atoms with E-state index in [1.54, 1.807) is 53.7 Å². The van der Waals surface area contributed by atoms with Gasteiger partial charge in [-0.2, -0.15) is 5.10 Å². The number of rotatable bonds is 4. The second-order valence-corrected chi connectivity index (χ2v) is 12.2. The Balaban J connectivity index is 1.51. The largest absolute Gasteiger partial charge is 0.444 e. The number of likely N-dealkylation sites (tertiary alicyclic amines) is 1. The number of carbonyl (C=O) groups is 2. The molecule has 1 fully saturated rings. The van der Waals surface area contributed by atoms with Crippen molar-refractivity contribution in [1.29, 1.82) is 0 Å². The molecule has 40 heavy (non-hydrogen) atoms. The number of nitrogens with two attached hydrogens (primary N) is 1. The summed E-state index contributed by atoms with van der Waals surface area (Å²) >= 11 is 8.97. The standard InChI is InChI=1S/C28H29ClIN7O3/c1-28(2,3)40-27(39)36-12-6-7-17(15-36)37-24-20(30)14-33-25(31)22(24)23(35-37)18-10-9-16(13-19(18)29)26(38)34-21-8-4-5-11-32-21/h4-5,8-11,13-14,17H,6-7,12,15H2,1-3H3,(H2,31,33)(H,32,34,38)/t17-/m1/s1. The lowest BCUT2D eigenvalue weighted by Crippen LogP contribution is -2.43. The predicted molar refractivity (Wildman–Crippen MR) is 163 cm³/mol. The Morgan fingerprint density at radius 1 is 1.20 bits per heavy atom. The molecule has 3 N–H and O–H groups in total. The fraction of sp³-hybridized carbons (Fsp3) is 0.321. The number of piperidine rings is 1. The van der Waals surface area contributed by atoms with E-state index in [1.165, 1.54) is 0 Å². The summed E-state index contributed by atoms with van der Waals surface area (Å²) in [5, 5.41) is 8.78. The molecule has 3 aromatic heterocycles. The molecule has 1 atom stereocenters. The van der Waals surface area contributed by atoms with Gasteiger partial charge in [-0.25, -0.2) is 14.8 Å². The number of fused-ring (bicyclic) bond motifs is 1. The molecule has 1 aromatic carbocycles. The molecular weight excluding hydrogens is 645 g/mol. The van der Waals surface area contributed by atoms with Gasteiger partial charge in [0.25, 0.3) is 5.91 Å². The topological polar surface area (TPSA) is 128 Å². The number of benzene rings is 1. The van der Waals surface area contributed by atoms with E-state index < -0.39 is 5.60 Å². The third kappa shape index (κ3) is 5.85. The minimum atomic E-state index is -0.581. The van der Waals surface area contributed by atoms with Crippen LogP contribution in [0.3, 0.4) is 0 Å². The number of pyridine rings is 2. The summed E-state index contributed by atoms with van der Waals surface area (Å²) in [6.45, 7) is 6.63. The first kappa shape index (κ1) is 28.1. The highest BCUT2D eigenvalue weighted by atomic mass is 127. The number of nitrogens with zero attached hydrogens (tertiary/aromatic N) is 5. The lowest BCUT2D eigenvalue weighted by Gasteiger charge is -2.34. The van der Waals surface area contributed by atoms with Crippen LogP contribution in [0.1, 0.15) is 50.0 Å². The third-order valence-corrected chi connectivity index (χ3v) is 7.60. The molecule has 0 aliphatic carbocycles. The van der Waals surface area contributed by atoms with Gasteiger partial charge >= 0.3 is 6.09 Å². The summed E-state index contributed by atoms with van der Waals surface area (Å²) in [5.41, 5.74) is 8.21. The van der Waals surface area contributed by atoms with Crippen LogP contribution >= 0.6 is 34.2 Å². The molecule has 4 heterocycles. The average molecular weight is 674 g/mol. The maximum Gasteiger partial charge on any atom is 0.410 e. The summed E-state index contributed by atoms with van der Waals surface area (Å²) in [6.07, 6.45) is 4.60. The summed E-state index contributed by atoms with van der Waals surface area (Å²) in [4.78, 5) is 35.9. The number of nitrogen functional groups attached to an aromatic ring is 1. The molecule has 0 unspecified atom stereocenters. The third-order valence-electron chi connectivity index (χ3n) is 6.50. The minimum Gasteiger partial charge on any atom is -0.444 e. The zero-order valence-corrected chi connectivity index (χ0v) is 25.2. The quantitative estimate of drug-likeness (QED) is 0.249. The highest BCUT2D eigenvalue weighted by molar-refractivity contribution is 14.1. The summed E-state index contributed by atoms with van der Waals surface area (Å²) in [5.74, 6) is 0.436. The molecule has 0 bridgehead atoms. The maximum absolute atomic E-state index is 12.8. The Kier molecular flexibility index (Phi) is 7.87. The highest BCUT2D eigenvalue weighted by Gasteiger charge is 2.31. The van der Waals surface area contributed by atoms with Crippen LogP contribution in [0, 0.1) is 3.57 Å². The molecule has 0 radical (unpaired) electrons. The molecule has 1 saturated heterocycles. The zero-order chi connectivity index (χ0) is 28.6. The van der Waals surface area contributed by atoms with E-state index in [-0.39, 0.29) is 18.0 Å². The number of amides is 2. The van der Waals surface area contributed by atoms with Crippen LogP contribution < -0.4 is 11.1 Å². The second kappa shape index (κ2) is 11.2. The highest BCUT2D eigenvalue weighted by Crippen LogP contribution is 2.39. The number of halogens is 2. The molecule has 10 nitrogen and oxygen atoms in total. The molecule has 1 aliphatic rings. The zero-order valence-electron chi connectivity index (χ0n) is 22.3. The molecule has 4 aromatic rings. The maximum atomic E-state index is 12.8. The molecule has 1 aliphatic heterocycles. The monoisotopic (exact) mass is 673 g/mol. The fourth-order valence-electron chi connectivity index (χ4n) is 4.73. The molecule has 0 spiro atoms. The molecular formula is C28H29ClIN7O3. The van der Waals surface area contributed by atoms with Gasteiger partial charge in [0.05, 0.1) is 25.5 Å². The number of anilines is 2. The van der Waals surface area contributed by atoms with Crippen molar-refractivity contribution in [3.8, 4) is 11.3 Å². The first-order valence-electron chi connectivity index (χ1n) is 12.8. The van der Waals surface area contributed by atoms with Crippen molar-refractivity contribution in [3.63, 3.8) is 0 Å². The second-order valence-electron chi connectivity index (χ2n) is 10.6. The van der Waals surface area contributed by atoms with Crippen LogP contribution in [-0.2, 0) is 4.74 Å². The van der Waals surface area contributed by atoms with E-state index >= 15 is 0 Å². The first-order valence-corrected chi connectivity index (χ1v) is 14.3. The van der Waals surface area contributed by atoms with Crippen molar-refractivity contribution >= 4 is 68.7 Å². The van der Waals surface area contributed by atoms with E-state index in [9.17, 15) is 9.59 Å². The average Bonchev–Trinajstić information content (AvgIpc) is 3.32. The number of hydrogen-bond donors (Lipinski definition) is 2. The van der Waals surface area contributed by atoms with Crippen LogP contribution in [0.25, 0.3) is 22.2 Å². The Morgan fingerprint density at radius 2 is 2.00 bits per heavy atom. The van der Waals surface area contributed by atoms with Gasteiger partial charge in [-0.3, -0.25) is 9.48 Å². The number of aromatic nitrogens is 4. The van der Waals surface area contributed by atoms with Crippen LogP contribution in [0.15, 0.2) is 48.8 Å². The Bertz CT molecular complexity index is 1590. The lowest BCUT2D eigenvalue weighted by atomic mass is 10.0. The van der Waals surface area contributed by atoms with Gasteiger partial charge in [0.1, 0.15) is 22.9 Å². The summed E-state index contributed by atoms with van der Waals surface area (Å²) in [7, 11) is 0. The van der Waals surface area contributed by atoms with Gasteiger partial charge < -0.3 is 20.7 Å². The molecule has 208 valence electrons. The van der Waals surface area contributed by atoms with Crippen LogP contribution in [0.4, 0.5) is 16.4 Å². The van der Waals surface area contributed by atoms with Gasteiger partial charge in [-0.05, 0) is 80.5 Å². The molecule has 12 heteroatoms. The SMILES string of the molecule is CC(C)(C)OC(=O)N1CCC[C@@H](n2nc(-c3ccc(C(=O)Nc4ccccn4)cc3Cl)c3c(N)ncc(I)c32)C1. The number of nitrogens with one attached hydrogen (secondary N) is 1. The van der Waals surface area contributed by atoms with Crippen molar-refractivity contribution in [2.45, 2.75) is 45.3 Å². The smallest absolute Gasteiger partial charge is 0.410 e. The van der Waals surface area contributed by atoms with E-state index in [4.69, 9.17) is 27.2 Å². The van der Waals surface area contributed by atoms with Gasteiger partial charge in [0, 0.05) is 36.6 Å². The van der Waals surface area contributed by atoms with Crippen LogP contribution in [-0.4, -0.2) is 55.3 Å². The number of hydrogen-bond acceptors (Lipinski definition) is 7. The molecule has 5 rings (SSSR count). The fourth-order valence-corrected chi connectivity index (χ4v) is 5.66. The van der Waals surface area contributed by atoms with E-state index in [0.29, 0.717) is 52.0 Å². The van der Waals surface area contributed by atoms with Crippen molar-refractivity contribution in [1.82, 2.24) is 24.6 Å². The van der Waals surface area contributed by atoms with Gasteiger partial charge in [-0.15, -0.1) is 0 Å². The van der Waals surface area contributed by atoms with Gasteiger partial charge in [-0.1, -0.05) is 23.7 Å². The van der Waals surface area contributed by atoms with Crippen molar-refractivity contribution in [3.05, 3.63) is 62.9 Å². The van der Waals surface area contributed by atoms with Crippen molar-refractivity contribution in [2.75, 3.05) is 24.1 Å². The Morgan fingerprint density at radius 3 is 2.70 bits per heavy atom. The van der Waals surface area contributed by atoms with E-state index in [2.05, 4.69) is 37.9 Å². The number of ether oxygens (including phenoxy) is 1. The predicted octanol–water partition coefficient (Wildman–Crippen LogP) is 6.16. The summed E-state index contributed by atoms with van der Waals surface area (Å²) < 4.78 is 8.42. The van der Waals surface area contributed by atoms with Gasteiger partial charge in [0.15, 0.2) is 0 Å². The van der Waals surface area contributed by atoms with Crippen LogP contribution in [0.2, 0.25) is 5.02 Å². The molecule has 2 amide bonds. The van der Waals surface area contributed by atoms with E-state index in [1.807, 2.05) is 25.5 Å². The minimum absolute atomic E-state index is 0.102. The van der Waals surface area contributed by atoms with E-state index in [0.717, 1.165) is 21.9 Å². The molecule has 0 saturated carbocycles. The Labute approximate surface area is 250 Å². The normalized spacial score (nSPS) is 15.7. The van der Waals surface area contributed by atoms with Gasteiger partial charge in [0.2, 0.25) is 0 Å². The number of carbonyl (C=O) groups excluding carboxylic acids is 2. The summed E-state index contributed by atoms with van der Waals surface area (Å²) in [6, 6.07) is 10.2. The van der Waals surface area contributed by atoms with Crippen LogP contribution in [0.5, 0.6) is 0 Å². The van der Waals surface area contributed by atoms with Crippen molar-refractivity contribution < 1.29 is 14.3 Å².